The van der Waals surface area contributed by atoms with Crippen molar-refractivity contribution >= 4 is 17.2 Å². The normalized spacial score (nSPS) is 10.7. The maximum absolute atomic E-state index is 13.1. The van der Waals surface area contributed by atoms with Crippen molar-refractivity contribution in [2.75, 3.05) is 6.54 Å². The van der Waals surface area contributed by atoms with Crippen molar-refractivity contribution in [3.63, 3.8) is 0 Å². The van der Waals surface area contributed by atoms with Crippen molar-refractivity contribution in [3.8, 4) is 10.8 Å². The van der Waals surface area contributed by atoms with Gasteiger partial charge in [0.05, 0.1) is 4.88 Å². The zero-order valence-corrected chi connectivity index (χ0v) is 13.4. The summed E-state index contributed by atoms with van der Waals surface area (Å²) in [5, 5.41) is 8.52. The third kappa shape index (κ3) is 3.96. The summed E-state index contributed by atoms with van der Waals surface area (Å²) in [4.78, 5) is 24.3. The quantitative estimate of drug-likeness (QED) is 0.740. The van der Waals surface area contributed by atoms with Crippen LogP contribution in [0.25, 0.3) is 10.8 Å². The van der Waals surface area contributed by atoms with Crippen LogP contribution in [-0.4, -0.2) is 22.2 Å². The van der Waals surface area contributed by atoms with E-state index < -0.39 is 5.76 Å². The molecule has 0 aliphatic heterocycles. The second kappa shape index (κ2) is 7.22. The molecule has 0 saturated carbocycles. The standard InChI is InChI=1S/C16H14FN3O3S/c17-12-4-1-3-11(9-12)6-7-18-14(21)10-20-16(22)23-15(19-20)13-5-2-8-24-13/h1-5,8-9H,6-7,10H2,(H,18,21). The molecular formula is C16H14FN3O3S. The highest BCUT2D eigenvalue weighted by Gasteiger charge is 2.13. The van der Waals surface area contributed by atoms with Crippen LogP contribution in [0.15, 0.2) is 51.0 Å². The van der Waals surface area contributed by atoms with Crippen molar-refractivity contribution < 1.29 is 13.6 Å². The SMILES string of the molecule is O=C(Cn1nc(-c2cccs2)oc1=O)NCCc1cccc(F)c1. The fourth-order valence-corrected chi connectivity index (χ4v) is 2.78. The molecule has 0 aliphatic carbocycles. The van der Waals surface area contributed by atoms with Crippen molar-refractivity contribution in [2.24, 2.45) is 0 Å². The summed E-state index contributed by atoms with van der Waals surface area (Å²) >= 11 is 1.39. The molecular weight excluding hydrogens is 333 g/mol. The second-order valence-electron chi connectivity index (χ2n) is 5.04. The van der Waals surface area contributed by atoms with Crippen LogP contribution >= 0.6 is 11.3 Å². The Kier molecular flexibility index (Phi) is 4.85. The summed E-state index contributed by atoms with van der Waals surface area (Å²) in [6.45, 7) is 0.115. The van der Waals surface area contributed by atoms with E-state index in [9.17, 15) is 14.0 Å². The largest absolute Gasteiger partial charge is 0.437 e. The van der Waals surface area contributed by atoms with Gasteiger partial charge in [0, 0.05) is 6.54 Å². The number of thiophene rings is 1. The Labute approximate surface area is 140 Å². The molecule has 0 atom stereocenters. The first-order valence-corrected chi connectivity index (χ1v) is 8.13. The van der Waals surface area contributed by atoms with Gasteiger partial charge in [-0.15, -0.1) is 16.4 Å². The van der Waals surface area contributed by atoms with E-state index >= 15 is 0 Å². The predicted molar refractivity (Wildman–Crippen MR) is 87.2 cm³/mol. The molecule has 3 aromatic rings. The van der Waals surface area contributed by atoms with E-state index in [-0.39, 0.29) is 24.2 Å². The van der Waals surface area contributed by atoms with E-state index in [0.717, 1.165) is 15.1 Å². The van der Waals surface area contributed by atoms with Crippen molar-refractivity contribution in [2.45, 2.75) is 13.0 Å². The van der Waals surface area contributed by atoms with E-state index in [2.05, 4.69) is 10.4 Å². The Morgan fingerprint density at radius 1 is 1.33 bits per heavy atom. The fourth-order valence-electron chi connectivity index (χ4n) is 2.14. The monoisotopic (exact) mass is 347 g/mol. The predicted octanol–water partition coefficient (Wildman–Crippen LogP) is 2.06. The summed E-state index contributed by atoms with van der Waals surface area (Å²) in [6.07, 6.45) is 0.498. The Balaban J connectivity index is 1.54. The summed E-state index contributed by atoms with van der Waals surface area (Å²) in [5.74, 6) is -1.16. The van der Waals surface area contributed by atoms with Gasteiger partial charge in [-0.25, -0.2) is 9.18 Å². The minimum absolute atomic E-state index is 0.197. The van der Waals surface area contributed by atoms with Gasteiger partial charge in [-0.3, -0.25) is 4.79 Å². The smallest absolute Gasteiger partial charge is 0.387 e. The number of aromatic nitrogens is 2. The van der Waals surface area contributed by atoms with E-state index in [1.54, 1.807) is 18.2 Å². The molecule has 0 bridgehead atoms. The van der Waals surface area contributed by atoms with Crippen LogP contribution in [0.5, 0.6) is 0 Å². The van der Waals surface area contributed by atoms with Crippen LogP contribution in [0.4, 0.5) is 4.39 Å². The van der Waals surface area contributed by atoms with E-state index in [1.807, 2.05) is 11.4 Å². The third-order valence-corrected chi connectivity index (χ3v) is 4.11. The molecule has 0 radical (unpaired) electrons. The molecule has 24 heavy (non-hydrogen) atoms. The number of nitrogens with one attached hydrogen (secondary N) is 1. The molecule has 124 valence electrons. The molecule has 0 saturated heterocycles. The van der Waals surface area contributed by atoms with Gasteiger partial charge < -0.3 is 9.73 Å². The molecule has 0 aliphatic rings. The van der Waals surface area contributed by atoms with Gasteiger partial charge in [0.15, 0.2) is 0 Å². The lowest BCUT2D eigenvalue weighted by molar-refractivity contribution is -0.121. The molecule has 0 fully saturated rings. The first-order chi connectivity index (χ1) is 11.6. The molecule has 8 heteroatoms. The van der Waals surface area contributed by atoms with Gasteiger partial charge >= 0.3 is 5.76 Å². The molecule has 2 aromatic heterocycles. The number of hydrogen-bond acceptors (Lipinski definition) is 5. The molecule has 2 heterocycles. The maximum Gasteiger partial charge on any atom is 0.437 e. The molecule has 0 unspecified atom stereocenters. The number of rotatable bonds is 6. The van der Waals surface area contributed by atoms with Crippen LogP contribution in [0.3, 0.4) is 0 Å². The zero-order valence-electron chi connectivity index (χ0n) is 12.6. The van der Waals surface area contributed by atoms with Gasteiger partial charge in [0.1, 0.15) is 12.4 Å². The van der Waals surface area contributed by atoms with Gasteiger partial charge in [-0.2, -0.15) is 4.68 Å². The zero-order chi connectivity index (χ0) is 16.9. The maximum atomic E-state index is 13.1. The number of amides is 1. The minimum atomic E-state index is -0.682. The summed E-state index contributed by atoms with van der Waals surface area (Å²) < 4.78 is 19.1. The number of carbonyl (C=O) groups excluding carboxylic acids is 1. The Hall–Kier alpha value is -2.74. The lowest BCUT2D eigenvalue weighted by Gasteiger charge is -2.04. The molecule has 1 amide bonds. The Morgan fingerprint density at radius 3 is 2.96 bits per heavy atom. The Bertz CT molecular complexity index is 886. The second-order valence-corrected chi connectivity index (χ2v) is 5.99. The van der Waals surface area contributed by atoms with Crippen LogP contribution in [0.1, 0.15) is 5.56 Å². The highest BCUT2D eigenvalue weighted by Crippen LogP contribution is 2.20. The average Bonchev–Trinajstić information content (AvgIpc) is 3.18. The van der Waals surface area contributed by atoms with Crippen molar-refractivity contribution in [3.05, 3.63) is 63.7 Å². The number of carbonyl (C=O) groups is 1. The molecule has 1 N–H and O–H groups in total. The highest BCUT2D eigenvalue weighted by atomic mass is 32.1. The van der Waals surface area contributed by atoms with E-state index in [1.165, 1.54) is 23.5 Å². The van der Waals surface area contributed by atoms with Gasteiger partial charge in [0.2, 0.25) is 5.91 Å². The van der Waals surface area contributed by atoms with E-state index in [4.69, 9.17) is 4.42 Å². The van der Waals surface area contributed by atoms with Crippen LogP contribution in [0.2, 0.25) is 0 Å². The third-order valence-electron chi connectivity index (χ3n) is 3.26. The summed E-state index contributed by atoms with van der Waals surface area (Å²) in [7, 11) is 0. The van der Waals surface area contributed by atoms with Crippen molar-refractivity contribution in [1.82, 2.24) is 15.1 Å². The van der Waals surface area contributed by atoms with Crippen LogP contribution in [0, 0.1) is 5.82 Å². The number of benzene rings is 1. The number of halogens is 1. The minimum Gasteiger partial charge on any atom is -0.387 e. The molecule has 6 nitrogen and oxygen atoms in total. The lowest BCUT2D eigenvalue weighted by Crippen LogP contribution is -2.32. The first-order valence-electron chi connectivity index (χ1n) is 7.25. The summed E-state index contributed by atoms with van der Waals surface area (Å²) in [5.41, 5.74) is 0.786. The number of nitrogens with zero attached hydrogens (tertiary/aromatic N) is 2. The first kappa shape index (κ1) is 16.1. The van der Waals surface area contributed by atoms with Gasteiger partial charge in [0.25, 0.3) is 5.89 Å². The van der Waals surface area contributed by atoms with E-state index in [0.29, 0.717) is 13.0 Å². The molecule has 0 spiro atoms. The Morgan fingerprint density at radius 2 is 2.21 bits per heavy atom. The fraction of sp³-hybridized carbons (Fsp3) is 0.188. The lowest BCUT2D eigenvalue weighted by atomic mass is 10.1. The van der Waals surface area contributed by atoms with Crippen LogP contribution < -0.4 is 11.1 Å². The molecule has 3 rings (SSSR count). The summed E-state index contributed by atoms with van der Waals surface area (Å²) in [6, 6.07) is 9.78. The highest BCUT2D eigenvalue weighted by molar-refractivity contribution is 7.13. The molecule has 1 aromatic carbocycles. The van der Waals surface area contributed by atoms with Gasteiger partial charge in [-0.05, 0) is 35.6 Å². The van der Waals surface area contributed by atoms with Crippen LogP contribution in [-0.2, 0) is 17.8 Å². The number of hydrogen-bond donors (Lipinski definition) is 1. The average molecular weight is 347 g/mol. The van der Waals surface area contributed by atoms with Gasteiger partial charge in [-0.1, -0.05) is 18.2 Å². The van der Waals surface area contributed by atoms with Crippen molar-refractivity contribution in [1.29, 1.82) is 0 Å². The topological polar surface area (TPSA) is 77.1 Å².